The fourth-order valence-electron chi connectivity index (χ4n) is 5.08. The molecule has 0 saturated carbocycles. The molecule has 0 radical (unpaired) electrons. The Morgan fingerprint density at radius 1 is 1.13 bits per heavy atom. The van der Waals surface area contributed by atoms with Gasteiger partial charge in [0.15, 0.2) is 0 Å². The molecule has 1 amide bonds. The lowest BCUT2D eigenvalue weighted by atomic mass is 9.95. The summed E-state index contributed by atoms with van der Waals surface area (Å²) in [6.45, 7) is 8.40. The van der Waals surface area contributed by atoms with Crippen molar-refractivity contribution >= 4 is 16.7 Å². The lowest BCUT2D eigenvalue weighted by Crippen LogP contribution is -2.38. The van der Waals surface area contributed by atoms with Crippen LogP contribution in [0.2, 0.25) is 0 Å². The molecule has 4 rings (SSSR count). The average molecular weight is 409 g/mol. The van der Waals surface area contributed by atoms with Crippen molar-refractivity contribution in [1.82, 2.24) is 10.2 Å². The van der Waals surface area contributed by atoms with Crippen molar-refractivity contribution in [3.05, 3.63) is 42.0 Å². The van der Waals surface area contributed by atoms with E-state index in [0.717, 1.165) is 67.0 Å². The van der Waals surface area contributed by atoms with Crippen molar-refractivity contribution in [2.24, 2.45) is 11.8 Å². The lowest BCUT2D eigenvalue weighted by molar-refractivity contribution is 0.0701. The molecule has 0 aromatic heterocycles. The summed E-state index contributed by atoms with van der Waals surface area (Å²) in [5.74, 6) is 2.40. The molecule has 4 heteroatoms. The number of fused-ring (bicyclic) bond motifs is 1. The van der Waals surface area contributed by atoms with Gasteiger partial charge in [-0.05, 0) is 98.5 Å². The molecule has 2 fully saturated rings. The maximum absolute atomic E-state index is 13.1. The molecule has 2 aliphatic heterocycles. The van der Waals surface area contributed by atoms with Crippen molar-refractivity contribution in [3.8, 4) is 5.75 Å². The Morgan fingerprint density at radius 3 is 2.77 bits per heavy atom. The van der Waals surface area contributed by atoms with Crippen LogP contribution in [0.15, 0.2) is 36.4 Å². The van der Waals surface area contributed by atoms with E-state index in [0.29, 0.717) is 12.0 Å². The van der Waals surface area contributed by atoms with Crippen LogP contribution in [0.5, 0.6) is 5.75 Å². The highest BCUT2D eigenvalue weighted by Gasteiger charge is 2.31. The van der Waals surface area contributed by atoms with Gasteiger partial charge in [0.2, 0.25) is 0 Å². The highest BCUT2D eigenvalue weighted by molar-refractivity contribution is 5.99. The van der Waals surface area contributed by atoms with Crippen molar-refractivity contribution in [3.63, 3.8) is 0 Å². The number of benzene rings is 2. The number of hydrogen-bond donors (Lipinski definition) is 1. The molecule has 30 heavy (non-hydrogen) atoms. The topological polar surface area (TPSA) is 41.6 Å². The Labute approximate surface area is 181 Å². The SMILES string of the molecule is CC(C)C1CCCN1C(=O)c1ccc2cc(OCCCC3CCCNC3)ccc2c1. The Hall–Kier alpha value is -2.07. The predicted octanol–water partition coefficient (Wildman–Crippen LogP) is 5.26. The predicted molar refractivity (Wildman–Crippen MR) is 123 cm³/mol. The molecular formula is C26H36N2O2. The summed E-state index contributed by atoms with van der Waals surface area (Å²) in [6, 6.07) is 12.6. The molecule has 0 aliphatic carbocycles. The molecular weight excluding hydrogens is 372 g/mol. The monoisotopic (exact) mass is 408 g/mol. The van der Waals surface area contributed by atoms with E-state index in [1.807, 2.05) is 18.2 Å². The molecule has 2 saturated heterocycles. The first kappa shape index (κ1) is 21.2. The van der Waals surface area contributed by atoms with E-state index in [-0.39, 0.29) is 5.91 Å². The quantitative estimate of drug-likeness (QED) is 0.636. The number of nitrogens with one attached hydrogen (secondary N) is 1. The Kier molecular flexibility index (Phi) is 6.93. The van der Waals surface area contributed by atoms with Gasteiger partial charge < -0.3 is 15.0 Å². The summed E-state index contributed by atoms with van der Waals surface area (Å²) in [4.78, 5) is 15.1. The minimum absolute atomic E-state index is 0.172. The normalized spacial score (nSPS) is 22.0. The number of rotatable bonds is 7. The van der Waals surface area contributed by atoms with Gasteiger partial charge in [-0.15, -0.1) is 0 Å². The van der Waals surface area contributed by atoms with E-state index in [2.05, 4.69) is 42.3 Å². The number of hydrogen-bond acceptors (Lipinski definition) is 3. The summed E-state index contributed by atoms with van der Waals surface area (Å²) in [5, 5.41) is 5.71. The number of piperidine rings is 1. The fourth-order valence-corrected chi connectivity index (χ4v) is 5.08. The first-order chi connectivity index (χ1) is 14.6. The number of likely N-dealkylation sites (tertiary alicyclic amines) is 1. The van der Waals surface area contributed by atoms with Crippen LogP contribution in [-0.2, 0) is 0 Å². The molecule has 0 spiro atoms. The number of amides is 1. The summed E-state index contributed by atoms with van der Waals surface area (Å²) in [6.07, 6.45) is 7.22. The molecule has 2 aromatic carbocycles. The molecule has 162 valence electrons. The van der Waals surface area contributed by atoms with E-state index >= 15 is 0 Å². The fraction of sp³-hybridized carbons (Fsp3) is 0.577. The average Bonchev–Trinajstić information content (AvgIpc) is 3.27. The van der Waals surface area contributed by atoms with Gasteiger partial charge in [-0.3, -0.25) is 4.79 Å². The van der Waals surface area contributed by atoms with Gasteiger partial charge in [0.25, 0.3) is 5.91 Å². The zero-order valence-corrected chi connectivity index (χ0v) is 18.5. The summed E-state index contributed by atoms with van der Waals surface area (Å²) in [5.41, 5.74) is 0.796. The third kappa shape index (κ3) is 4.97. The smallest absolute Gasteiger partial charge is 0.254 e. The van der Waals surface area contributed by atoms with Crippen molar-refractivity contribution < 1.29 is 9.53 Å². The molecule has 1 N–H and O–H groups in total. The van der Waals surface area contributed by atoms with Crippen molar-refractivity contribution in [2.45, 2.75) is 58.4 Å². The van der Waals surface area contributed by atoms with Crippen molar-refractivity contribution in [2.75, 3.05) is 26.2 Å². The van der Waals surface area contributed by atoms with E-state index in [9.17, 15) is 4.79 Å². The van der Waals surface area contributed by atoms with Gasteiger partial charge >= 0.3 is 0 Å². The van der Waals surface area contributed by atoms with E-state index in [1.54, 1.807) is 0 Å². The molecule has 2 unspecified atom stereocenters. The molecule has 2 heterocycles. The van der Waals surface area contributed by atoms with E-state index in [1.165, 1.54) is 25.8 Å². The minimum Gasteiger partial charge on any atom is -0.494 e. The van der Waals surface area contributed by atoms with Gasteiger partial charge in [0.1, 0.15) is 5.75 Å². The van der Waals surface area contributed by atoms with Crippen molar-refractivity contribution in [1.29, 1.82) is 0 Å². The number of carbonyl (C=O) groups is 1. The summed E-state index contributed by atoms with van der Waals surface area (Å²) >= 11 is 0. The lowest BCUT2D eigenvalue weighted by Gasteiger charge is -2.27. The summed E-state index contributed by atoms with van der Waals surface area (Å²) < 4.78 is 6.01. The third-order valence-electron chi connectivity index (χ3n) is 6.81. The molecule has 4 nitrogen and oxygen atoms in total. The highest BCUT2D eigenvalue weighted by atomic mass is 16.5. The first-order valence-corrected chi connectivity index (χ1v) is 11.8. The highest BCUT2D eigenvalue weighted by Crippen LogP contribution is 2.28. The van der Waals surface area contributed by atoms with Gasteiger partial charge in [0, 0.05) is 18.2 Å². The second-order valence-corrected chi connectivity index (χ2v) is 9.38. The van der Waals surface area contributed by atoms with Crippen LogP contribution >= 0.6 is 0 Å². The van der Waals surface area contributed by atoms with Crippen LogP contribution in [0.1, 0.15) is 62.7 Å². The Morgan fingerprint density at radius 2 is 1.97 bits per heavy atom. The zero-order valence-electron chi connectivity index (χ0n) is 18.5. The van der Waals surface area contributed by atoms with Crippen LogP contribution in [0.25, 0.3) is 10.8 Å². The molecule has 2 aromatic rings. The maximum atomic E-state index is 13.1. The first-order valence-electron chi connectivity index (χ1n) is 11.8. The van der Waals surface area contributed by atoms with Crippen LogP contribution in [-0.4, -0.2) is 43.1 Å². The number of nitrogens with zero attached hydrogens (tertiary/aromatic N) is 1. The number of carbonyl (C=O) groups excluding carboxylic acids is 1. The van der Waals surface area contributed by atoms with Crippen LogP contribution in [0, 0.1) is 11.8 Å². The molecule has 2 aliphatic rings. The third-order valence-corrected chi connectivity index (χ3v) is 6.81. The van der Waals surface area contributed by atoms with Gasteiger partial charge in [0.05, 0.1) is 6.61 Å². The Bertz CT molecular complexity index is 857. The zero-order chi connectivity index (χ0) is 20.9. The Balaban J connectivity index is 1.35. The second kappa shape index (κ2) is 9.82. The standard InChI is InChI=1S/C26H36N2O2/c1-19(2)25-8-4-14-28(25)26(29)23-10-9-22-17-24(12-11-21(22)16-23)30-15-5-7-20-6-3-13-27-18-20/h9-12,16-17,19-20,25,27H,3-8,13-15,18H2,1-2H3. The molecule has 2 atom stereocenters. The van der Waals surface area contributed by atoms with Gasteiger partial charge in [-0.1, -0.05) is 26.0 Å². The summed E-state index contributed by atoms with van der Waals surface area (Å²) in [7, 11) is 0. The maximum Gasteiger partial charge on any atom is 0.254 e. The van der Waals surface area contributed by atoms with Gasteiger partial charge in [-0.25, -0.2) is 0 Å². The van der Waals surface area contributed by atoms with Crippen LogP contribution < -0.4 is 10.1 Å². The van der Waals surface area contributed by atoms with Crippen LogP contribution in [0.4, 0.5) is 0 Å². The van der Waals surface area contributed by atoms with E-state index in [4.69, 9.17) is 4.74 Å². The van der Waals surface area contributed by atoms with Gasteiger partial charge in [-0.2, -0.15) is 0 Å². The minimum atomic E-state index is 0.172. The molecule has 0 bridgehead atoms. The van der Waals surface area contributed by atoms with E-state index < -0.39 is 0 Å². The number of ether oxygens (including phenoxy) is 1. The van der Waals surface area contributed by atoms with Crippen LogP contribution in [0.3, 0.4) is 0 Å². The largest absolute Gasteiger partial charge is 0.494 e. The second-order valence-electron chi connectivity index (χ2n) is 9.38.